The molecule has 1 aliphatic rings. The molecule has 1 aliphatic heterocycles. The number of rotatable bonds is 13. The molecule has 1 fully saturated rings. The number of benzene rings is 3. The van der Waals surface area contributed by atoms with Crippen molar-refractivity contribution in [3.05, 3.63) is 102 Å². The Morgan fingerprint density at radius 3 is 2.00 bits per heavy atom. The lowest BCUT2D eigenvalue weighted by Gasteiger charge is -2.30. The van der Waals surface area contributed by atoms with Crippen LogP contribution in [0.2, 0.25) is 0 Å². The number of aliphatic carboxylic acids is 1. The summed E-state index contributed by atoms with van der Waals surface area (Å²) in [6.07, 6.45) is 2.35. The smallest absolute Gasteiger partial charge is 0.326 e. The Kier molecular flexibility index (Phi) is 18.6. The fourth-order valence-electron chi connectivity index (χ4n) is 6.96. The molecule has 0 aromatic heterocycles. The Bertz CT molecular complexity index is 1930. The average molecular weight is 842 g/mol. The summed E-state index contributed by atoms with van der Waals surface area (Å²) in [5.41, 5.74) is 2.42. The second-order valence-electron chi connectivity index (χ2n) is 15.5. The SMILES string of the molecule is CC[C@H](C)C1NC(=O)[C@H](NC(=O)N[C@@H](Cc2ccccc2)C(=O)O)CCCCNC(=O)[C@H](CCc2ccc(O)cc2)NC(=O)CN(C)C(=O)[C@H](CCc2ccccc2)NC1=O. The first-order valence-corrected chi connectivity index (χ1v) is 20.8. The molecule has 1 heterocycles. The number of phenols is 1. The molecule has 61 heavy (non-hydrogen) atoms. The maximum absolute atomic E-state index is 14.1. The molecule has 16 heteroatoms. The molecule has 16 nitrogen and oxygen atoms in total. The Morgan fingerprint density at radius 2 is 1.38 bits per heavy atom. The van der Waals surface area contributed by atoms with E-state index in [9.17, 15) is 43.8 Å². The molecule has 3 aromatic carbocycles. The van der Waals surface area contributed by atoms with Gasteiger partial charge in [0.15, 0.2) is 0 Å². The number of nitrogens with one attached hydrogen (secondary N) is 6. The van der Waals surface area contributed by atoms with Crippen LogP contribution in [-0.4, -0.2) is 107 Å². The number of hydrogen-bond donors (Lipinski definition) is 8. The Balaban J connectivity index is 1.61. The van der Waals surface area contributed by atoms with Gasteiger partial charge in [-0.05, 0) is 79.7 Å². The molecule has 0 bridgehead atoms. The van der Waals surface area contributed by atoms with E-state index < -0.39 is 84.2 Å². The molecule has 7 amide bonds. The lowest BCUT2D eigenvalue weighted by atomic mass is 9.96. The molecular weight excluding hydrogens is 783 g/mol. The topological polar surface area (TPSA) is 235 Å². The van der Waals surface area contributed by atoms with Gasteiger partial charge in [-0.3, -0.25) is 24.0 Å². The van der Waals surface area contributed by atoms with Crippen LogP contribution in [-0.2, 0) is 48.0 Å². The van der Waals surface area contributed by atoms with Crippen LogP contribution in [0.3, 0.4) is 0 Å². The Labute approximate surface area is 356 Å². The quantitative estimate of drug-likeness (QED) is 0.126. The third-order valence-corrected chi connectivity index (χ3v) is 10.8. The monoisotopic (exact) mass is 841 g/mol. The van der Waals surface area contributed by atoms with E-state index in [1.807, 2.05) is 37.3 Å². The number of carboxylic acid groups (broad SMARTS) is 1. The fourth-order valence-corrected chi connectivity index (χ4v) is 6.96. The summed E-state index contributed by atoms with van der Waals surface area (Å²) >= 11 is 0. The second kappa shape index (κ2) is 24.0. The molecular formula is C45H59N7O9. The van der Waals surface area contributed by atoms with Crippen LogP contribution in [0, 0.1) is 5.92 Å². The minimum Gasteiger partial charge on any atom is -0.508 e. The third-order valence-electron chi connectivity index (χ3n) is 10.8. The minimum absolute atomic E-state index is 0.00779. The van der Waals surface area contributed by atoms with E-state index in [0.29, 0.717) is 37.7 Å². The summed E-state index contributed by atoms with van der Waals surface area (Å²) < 4.78 is 0. The van der Waals surface area contributed by atoms with Gasteiger partial charge in [0.25, 0.3) is 0 Å². The first-order chi connectivity index (χ1) is 29.2. The number of carbonyl (C=O) groups is 7. The van der Waals surface area contributed by atoms with E-state index in [1.54, 1.807) is 49.4 Å². The molecule has 328 valence electrons. The molecule has 8 N–H and O–H groups in total. The lowest BCUT2D eigenvalue weighted by molar-refractivity contribution is -0.140. The zero-order valence-electron chi connectivity index (χ0n) is 35.0. The van der Waals surface area contributed by atoms with Gasteiger partial charge in [0.2, 0.25) is 29.5 Å². The third kappa shape index (κ3) is 15.6. The highest BCUT2D eigenvalue weighted by Crippen LogP contribution is 2.15. The fraction of sp³-hybridized carbons (Fsp3) is 0.444. The van der Waals surface area contributed by atoms with E-state index in [1.165, 1.54) is 24.1 Å². The molecule has 3 aromatic rings. The van der Waals surface area contributed by atoms with Crippen molar-refractivity contribution in [2.75, 3.05) is 20.1 Å². The summed E-state index contributed by atoms with van der Waals surface area (Å²) in [6.45, 7) is 3.36. The predicted molar refractivity (Wildman–Crippen MR) is 228 cm³/mol. The van der Waals surface area contributed by atoms with Gasteiger partial charge >= 0.3 is 12.0 Å². The number of nitrogens with zero attached hydrogens (tertiary/aromatic N) is 1. The summed E-state index contributed by atoms with van der Waals surface area (Å²) in [5.74, 6) is -4.54. The van der Waals surface area contributed by atoms with Crippen LogP contribution in [0.25, 0.3) is 0 Å². The summed E-state index contributed by atoms with van der Waals surface area (Å²) in [4.78, 5) is 96.0. The minimum atomic E-state index is -1.31. The first kappa shape index (κ1) is 47.2. The van der Waals surface area contributed by atoms with Crippen molar-refractivity contribution in [1.29, 1.82) is 0 Å². The molecule has 0 aliphatic carbocycles. The van der Waals surface area contributed by atoms with Gasteiger partial charge in [-0.15, -0.1) is 0 Å². The molecule has 1 unspecified atom stereocenters. The van der Waals surface area contributed by atoms with Gasteiger partial charge < -0.3 is 47.0 Å². The highest BCUT2D eigenvalue weighted by Gasteiger charge is 2.34. The standard InChI is InChI=1S/C45H59N7O9/c1-4-29(2)39-42(57)48-36(25-21-30-13-7-5-8-14-30)43(58)52(3)28-38(54)47-35(24-20-31-18-22-33(53)23-19-31)40(55)46-26-12-11-17-34(41(56)51-39)49-45(61)50-37(44(59)60)27-32-15-9-6-10-16-32/h5-10,13-16,18-19,22-23,29,34-37,39,53H,4,11-12,17,20-21,24-28H2,1-3H3,(H,46,55)(H,47,54)(H,48,57)(H,51,56)(H,59,60)(H2,49,50,61)/t29-,34+,35-,36-,37-,39?/m0/s1. The predicted octanol–water partition coefficient (Wildman–Crippen LogP) is 2.58. The molecule has 6 atom stereocenters. The summed E-state index contributed by atoms with van der Waals surface area (Å²) in [5, 5.41) is 35.9. The largest absolute Gasteiger partial charge is 0.508 e. The number of hydrogen-bond acceptors (Lipinski definition) is 8. The van der Waals surface area contributed by atoms with Crippen LogP contribution in [0.15, 0.2) is 84.9 Å². The van der Waals surface area contributed by atoms with E-state index >= 15 is 0 Å². The summed E-state index contributed by atoms with van der Waals surface area (Å²) in [6, 6.07) is 17.9. The van der Waals surface area contributed by atoms with Crippen molar-refractivity contribution in [2.45, 2.75) is 102 Å². The lowest BCUT2D eigenvalue weighted by Crippen LogP contribution is -2.60. The van der Waals surface area contributed by atoms with Gasteiger partial charge in [-0.1, -0.05) is 93.1 Å². The van der Waals surface area contributed by atoms with Gasteiger partial charge in [0.1, 0.15) is 36.0 Å². The number of carboxylic acids is 1. The Hall–Kier alpha value is -6.45. The van der Waals surface area contributed by atoms with Crippen LogP contribution in [0.1, 0.15) is 69.1 Å². The number of phenolic OH excluding ortho intramolecular Hbond substituents is 1. The summed E-state index contributed by atoms with van der Waals surface area (Å²) in [7, 11) is 1.43. The first-order valence-electron chi connectivity index (χ1n) is 20.8. The normalized spacial score (nSPS) is 20.9. The van der Waals surface area contributed by atoms with Gasteiger partial charge in [-0.2, -0.15) is 0 Å². The van der Waals surface area contributed by atoms with E-state index in [4.69, 9.17) is 0 Å². The van der Waals surface area contributed by atoms with Crippen LogP contribution < -0.4 is 31.9 Å². The highest BCUT2D eigenvalue weighted by atomic mass is 16.4. The number of aromatic hydroxyl groups is 1. The molecule has 4 rings (SSSR count). The van der Waals surface area contributed by atoms with Gasteiger partial charge in [0.05, 0.1) is 6.54 Å². The number of urea groups is 1. The van der Waals surface area contributed by atoms with Crippen molar-refractivity contribution in [1.82, 2.24) is 36.8 Å². The maximum Gasteiger partial charge on any atom is 0.326 e. The maximum atomic E-state index is 14.1. The zero-order valence-corrected chi connectivity index (χ0v) is 35.0. The number of carbonyl (C=O) groups excluding carboxylic acids is 6. The molecule has 0 radical (unpaired) electrons. The van der Waals surface area contributed by atoms with Crippen LogP contribution >= 0.6 is 0 Å². The number of amides is 7. The molecule has 1 saturated heterocycles. The average Bonchev–Trinajstić information content (AvgIpc) is 3.25. The van der Waals surface area contributed by atoms with Crippen molar-refractivity contribution in [2.24, 2.45) is 5.92 Å². The van der Waals surface area contributed by atoms with E-state index in [0.717, 1.165) is 11.1 Å². The van der Waals surface area contributed by atoms with Crippen molar-refractivity contribution < 1.29 is 43.8 Å². The van der Waals surface area contributed by atoms with Gasteiger partial charge in [0, 0.05) is 20.0 Å². The van der Waals surface area contributed by atoms with Crippen molar-refractivity contribution in [3.63, 3.8) is 0 Å². The Morgan fingerprint density at radius 1 is 0.770 bits per heavy atom. The number of likely N-dealkylation sites (N-methyl/N-ethyl adjacent to an activating group) is 1. The van der Waals surface area contributed by atoms with Crippen molar-refractivity contribution >= 4 is 41.5 Å². The highest BCUT2D eigenvalue weighted by molar-refractivity contribution is 5.96. The number of aryl methyl sites for hydroxylation is 2. The van der Waals surface area contributed by atoms with Crippen LogP contribution in [0.5, 0.6) is 5.75 Å². The van der Waals surface area contributed by atoms with E-state index in [2.05, 4.69) is 31.9 Å². The van der Waals surface area contributed by atoms with E-state index in [-0.39, 0.29) is 38.0 Å². The molecule has 0 saturated carbocycles. The zero-order chi connectivity index (χ0) is 44.3. The second-order valence-corrected chi connectivity index (χ2v) is 15.5. The van der Waals surface area contributed by atoms with Crippen LogP contribution in [0.4, 0.5) is 4.79 Å². The molecule has 0 spiro atoms. The van der Waals surface area contributed by atoms with Crippen molar-refractivity contribution in [3.8, 4) is 5.75 Å². The van der Waals surface area contributed by atoms with Gasteiger partial charge in [-0.25, -0.2) is 9.59 Å².